The van der Waals surface area contributed by atoms with Crippen LogP contribution in [-0.4, -0.2) is 31.5 Å². The van der Waals surface area contributed by atoms with Crippen molar-refractivity contribution in [2.75, 3.05) is 26.0 Å². The fraction of sp³-hybridized carbons (Fsp3) is 0.278. The number of rotatable bonds is 6. The van der Waals surface area contributed by atoms with Crippen molar-refractivity contribution in [1.82, 2.24) is 4.90 Å². The lowest BCUT2D eigenvalue weighted by Crippen LogP contribution is -2.30. The Kier molecular flexibility index (Phi) is 6.66. The molecule has 0 atom stereocenters. The molecular formula is C18H20BrClN2O2. The molecule has 0 radical (unpaired) electrons. The van der Waals surface area contributed by atoms with Crippen LogP contribution in [0.2, 0.25) is 5.02 Å². The largest absolute Gasteiger partial charge is 0.496 e. The molecule has 0 aromatic heterocycles. The van der Waals surface area contributed by atoms with Gasteiger partial charge in [-0.05, 0) is 55.9 Å². The van der Waals surface area contributed by atoms with Crippen molar-refractivity contribution in [2.24, 2.45) is 0 Å². The minimum atomic E-state index is -0.0658. The standard InChI is InChI=1S/C18H20BrClN2O2/c1-12-8-14(19)4-6-16(12)21-18(23)11-22(2)10-13-9-15(20)5-7-17(13)24-3/h4-9H,10-11H2,1-3H3,(H,21,23). The maximum Gasteiger partial charge on any atom is 0.238 e. The Morgan fingerprint density at radius 1 is 1.29 bits per heavy atom. The molecule has 2 aromatic carbocycles. The molecule has 0 spiro atoms. The minimum Gasteiger partial charge on any atom is -0.496 e. The number of hydrogen-bond acceptors (Lipinski definition) is 3. The average molecular weight is 412 g/mol. The van der Waals surface area contributed by atoms with Gasteiger partial charge >= 0.3 is 0 Å². The van der Waals surface area contributed by atoms with Gasteiger partial charge in [-0.1, -0.05) is 27.5 Å². The van der Waals surface area contributed by atoms with Gasteiger partial charge in [0.05, 0.1) is 13.7 Å². The molecule has 0 bridgehead atoms. The van der Waals surface area contributed by atoms with Crippen LogP contribution < -0.4 is 10.1 Å². The fourth-order valence-electron chi connectivity index (χ4n) is 2.42. The smallest absolute Gasteiger partial charge is 0.238 e. The van der Waals surface area contributed by atoms with Crippen LogP contribution >= 0.6 is 27.5 Å². The second-order valence-electron chi connectivity index (χ2n) is 5.64. The van der Waals surface area contributed by atoms with E-state index in [2.05, 4.69) is 21.2 Å². The lowest BCUT2D eigenvalue weighted by atomic mass is 10.2. The molecule has 128 valence electrons. The highest BCUT2D eigenvalue weighted by molar-refractivity contribution is 9.10. The second kappa shape index (κ2) is 8.51. The number of halogens is 2. The Morgan fingerprint density at radius 2 is 2.04 bits per heavy atom. The monoisotopic (exact) mass is 410 g/mol. The van der Waals surface area contributed by atoms with Gasteiger partial charge in [0.2, 0.25) is 5.91 Å². The van der Waals surface area contributed by atoms with E-state index in [9.17, 15) is 4.79 Å². The summed E-state index contributed by atoms with van der Waals surface area (Å²) in [4.78, 5) is 14.2. The van der Waals surface area contributed by atoms with Gasteiger partial charge in [-0.2, -0.15) is 0 Å². The molecular weight excluding hydrogens is 392 g/mol. The van der Waals surface area contributed by atoms with Gasteiger partial charge < -0.3 is 10.1 Å². The van der Waals surface area contributed by atoms with Crippen molar-refractivity contribution in [1.29, 1.82) is 0 Å². The molecule has 4 nitrogen and oxygen atoms in total. The van der Waals surface area contributed by atoms with Crippen molar-refractivity contribution in [2.45, 2.75) is 13.5 Å². The van der Waals surface area contributed by atoms with E-state index >= 15 is 0 Å². The van der Waals surface area contributed by atoms with E-state index in [1.807, 2.05) is 49.2 Å². The molecule has 0 saturated carbocycles. The molecule has 2 aromatic rings. The number of ether oxygens (including phenoxy) is 1. The predicted octanol–water partition coefficient (Wildman–Crippen LogP) is 4.49. The summed E-state index contributed by atoms with van der Waals surface area (Å²) < 4.78 is 6.33. The number of hydrogen-bond donors (Lipinski definition) is 1. The maximum atomic E-state index is 12.2. The van der Waals surface area contributed by atoms with Gasteiger partial charge in [-0.15, -0.1) is 0 Å². The van der Waals surface area contributed by atoms with Gasteiger partial charge in [0.15, 0.2) is 0 Å². The molecule has 0 aliphatic heterocycles. The molecule has 1 N–H and O–H groups in total. The molecule has 0 unspecified atom stereocenters. The van der Waals surface area contributed by atoms with Crippen molar-refractivity contribution in [3.63, 3.8) is 0 Å². The summed E-state index contributed by atoms with van der Waals surface area (Å²) in [6.07, 6.45) is 0. The summed E-state index contributed by atoms with van der Waals surface area (Å²) in [5.74, 6) is 0.694. The number of amides is 1. The number of benzene rings is 2. The van der Waals surface area contributed by atoms with E-state index in [1.54, 1.807) is 13.2 Å². The van der Waals surface area contributed by atoms with Gasteiger partial charge in [0.1, 0.15) is 5.75 Å². The summed E-state index contributed by atoms with van der Waals surface area (Å²) in [5.41, 5.74) is 2.77. The minimum absolute atomic E-state index is 0.0658. The SMILES string of the molecule is COc1ccc(Cl)cc1CN(C)CC(=O)Nc1ccc(Br)cc1C. The zero-order chi connectivity index (χ0) is 17.7. The fourth-order valence-corrected chi connectivity index (χ4v) is 3.09. The Hall–Kier alpha value is -1.56. The molecule has 24 heavy (non-hydrogen) atoms. The highest BCUT2D eigenvalue weighted by Gasteiger charge is 2.12. The third-order valence-corrected chi connectivity index (χ3v) is 4.29. The molecule has 0 aliphatic rings. The van der Waals surface area contributed by atoms with Crippen LogP contribution in [0.25, 0.3) is 0 Å². The number of carbonyl (C=O) groups is 1. The van der Waals surface area contributed by atoms with E-state index < -0.39 is 0 Å². The molecule has 0 saturated heterocycles. The number of nitrogens with one attached hydrogen (secondary N) is 1. The summed E-state index contributed by atoms with van der Waals surface area (Å²) in [6.45, 7) is 2.79. The van der Waals surface area contributed by atoms with Gasteiger partial charge in [-0.25, -0.2) is 0 Å². The maximum absolute atomic E-state index is 12.2. The van der Waals surface area contributed by atoms with Crippen molar-refractivity contribution < 1.29 is 9.53 Å². The highest BCUT2D eigenvalue weighted by atomic mass is 79.9. The van der Waals surface area contributed by atoms with Gasteiger partial charge in [-0.3, -0.25) is 9.69 Å². The normalized spacial score (nSPS) is 10.8. The van der Waals surface area contributed by atoms with E-state index in [1.165, 1.54) is 0 Å². The third-order valence-electron chi connectivity index (χ3n) is 3.56. The first-order valence-electron chi connectivity index (χ1n) is 7.46. The first-order valence-corrected chi connectivity index (χ1v) is 8.63. The van der Waals surface area contributed by atoms with Crippen LogP contribution in [0.15, 0.2) is 40.9 Å². The second-order valence-corrected chi connectivity index (χ2v) is 6.99. The zero-order valence-corrected chi connectivity index (χ0v) is 16.2. The number of methoxy groups -OCH3 is 1. The Labute approximate surface area is 155 Å². The summed E-state index contributed by atoms with van der Waals surface area (Å²) >= 11 is 9.46. The number of likely N-dealkylation sites (N-methyl/N-ethyl adjacent to an activating group) is 1. The number of anilines is 1. The van der Waals surface area contributed by atoms with Crippen LogP contribution in [0, 0.1) is 6.92 Å². The average Bonchev–Trinajstić information content (AvgIpc) is 2.50. The molecule has 0 fully saturated rings. The van der Waals surface area contributed by atoms with Crippen molar-refractivity contribution >= 4 is 39.1 Å². The Morgan fingerprint density at radius 3 is 2.71 bits per heavy atom. The summed E-state index contributed by atoms with van der Waals surface area (Å²) in [5, 5.41) is 3.58. The Balaban J connectivity index is 1.98. The third kappa shape index (κ3) is 5.23. The topological polar surface area (TPSA) is 41.6 Å². The van der Waals surface area contributed by atoms with Crippen LogP contribution in [0.5, 0.6) is 5.75 Å². The number of carbonyl (C=O) groups excluding carboxylic acids is 1. The van der Waals surface area contributed by atoms with Gasteiger partial charge in [0, 0.05) is 27.3 Å². The van der Waals surface area contributed by atoms with Crippen molar-refractivity contribution in [3.05, 3.63) is 57.0 Å². The predicted molar refractivity (Wildman–Crippen MR) is 102 cm³/mol. The quantitative estimate of drug-likeness (QED) is 0.761. The lowest BCUT2D eigenvalue weighted by molar-refractivity contribution is -0.117. The highest BCUT2D eigenvalue weighted by Crippen LogP contribution is 2.24. The summed E-state index contributed by atoms with van der Waals surface area (Å²) in [7, 11) is 3.50. The Bertz CT molecular complexity index is 737. The van der Waals surface area contributed by atoms with Crippen molar-refractivity contribution in [3.8, 4) is 5.75 Å². The van der Waals surface area contributed by atoms with Crippen LogP contribution in [0.1, 0.15) is 11.1 Å². The van der Waals surface area contributed by atoms with E-state index in [0.29, 0.717) is 11.6 Å². The van der Waals surface area contributed by atoms with Crippen LogP contribution in [0.4, 0.5) is 5.69 Å². The van der Waals surface area contributed by atoms with Gasteiger partial charge in [0.25, 0.3) is 0 Å². The summed E-state index contributed by atoms with van der Waals surface area (Å²) in [6, 6.07) is 11.2. The van der Waals surface area contributed by atoms with Crippen LogP contribution in [0.3, 0.4) is 0 Å². The van der Waals surface area contributed by atoms with E-state index in [4.69, 9.17) is 16.3 Å². The lowest BCUT2D eigenvalue weighted by Gasteiger charge is -2.18. The molecule has 1 amide bonds. The zero-order valence-electron chi connectivity index (χ0n) is 13.9. The first-order chi connectivity index (χ1) is 11.4. The van der Waals surface area contributed by atoms with Crippen LogP contribution in [-0.2, 0) is 11.3 Å². The number of nitrogens with zero attached hydrogens (tertiary/aromatic N) is 1. The molecule has 0 aliphatic carbocycles. The van der Waals surface area contributed by atoms with E-state index in [0.717, 1.165) is 27.0 Å². The molecule has 2 rings (SSSR count). The molecule has 0 heterocycles. The first kappa shape index (κ1) is 18.8. The van der Waals surface area contributed by atoms with E-state index in [-0.39, 0.29) is 12.5 Å². The number of aryl methyl sites for hydroxylation is 1. The molecule has 6 heteroatoms.